The molecule has 4 unspecified atom stereocenters. The fraction of sp³-hybridized carbons (Fsp3) is 0.455. The van der Waals surface area contributed by atoms with Gasteiger partial charge in [0.25, 0.3) is 0 Å². The number of nitrogens with zero attached hydrogens (tertiary/aromatic N) is 1. The standard InChI is InChI=1S/C33H44N4O6S/c1-22(2)29(37-32(41)43-33(3,4)5)30(39)35-25(16-23-12-8-6-9-13-23)18-28(38)27(17-24-14-10-7-11-15-24)36-31(40)42-20-26-19-34-21-44-26/h6-15,19,21-22,25,27-29,38H,16-18,20H2,1-5H3,(H,35,39)(H,36,40)(H,37,41). The number of benzene rings is 2. The summed E-state index contributed by atoms with van der Waals surface area (Å²) in [7, 11) is 0. The fourth-order valence-electron chi connectivity index (χ4n) is 4.60. The molecule has 2 aromatic carbocycles. The Hall–Kier alpha value is -3.96. The van der Waals surface area contributed by atoms with Gasteiger partial charge in [0.15, 0.2) is 0 Å². The molecule has 238 valence electrons. The number of rotatable bonds is 14. The van der Waals surface area contributed by atoms with Crippen molar-refractivity contribution in [1.29, 1.82) is 0 Å². The number of amides is 3. The minimum atomic E-state index is -1.04. The molecule has 0 radical (unpaired) electrons. The predicted molar refractivity (Wildman–Crippen MR) is 170 cm³/mol. The number of aromatic nitrogens is 1. The maximum absolute atomic E-state index is 13.5. The van der Waals surface area contributed by atoms with Crippen LogP contribution in [0.2, 0.25) is 0 Å². The van der Waals surface area contributed by atoms with Crippen molar-refractivity contribution >= 4 is 29.4 Å². The summed E-state index contributed by atoms with van der Waals surface area (Å²) in [5, 5.41) is 20.1. The van der Waals surface area contributed by atoms with E-state index in [1.54, 1.807) is 32.5 Å². The van der Waals surface area contributed by atoms with E-state index in [1.807, 2.05) is 74.5 Å². The molecule has 0 aliphatic carbocycles. The van der Waals surface area contributed by atoms with Crippen LogP contribution in [0.4, 0.5) is 9.59 Å². The normalized spacial score (nSPS) is 14.2. The Balaban J connectivity index is 1.77. The van der Waals surface area contributed by atoms with Crippen LogP contribution in [-0.4, -0.2) is 58.0 Å². The first kappa shape index (κ1) is 34.5. The van der Waals surface area contributed by atoms with Gasteiger partial charge in [-0.3, -0.25) is 9.78 Å². The van der Waals surface area contributed by atoms with Gasteiger partial charge >= 0.3 is 12.2 Å². The second kappa shape index (κ2) is 16.8. The number of hydrogen-bond acceptors (Lipinski definition) is 8. The number of thiazole rings is 1. The molecule has 0 aliphatic rings. The molecule has 3 aromatic rings. The van der Waals surface area contributed by atoms with Crippen LogP contribution in [0.5, 0.6) is 0 Å². The molecule has 3 amide bonds. The maximum Gasteiger partial charge on any atom is 0.408 e. The second-order valence-corrected chi connectivity index (χ2v) is 13.0. The zero-order valence-electron chi connectivity index (χ0n) is 26.0. The van der Waals surface area contributed by atoms with Crippen LogP contribution in [-0.2, 0) is 33.7 Å². The first-order valence-electron chi connectivity index (χ1n) is 14.8. The van der Waals surface area contributed by atoms with Crippen molar-refractivity contribution in [2.45, 2.75) is 90.3 Å². The average molecular weight is 625 g/mol. The zero-order chi connectivity index (χ0) is 32.1. The van der Waals surface area contributed by atoms with E-state index in [0.717, 1.165) is 16.0 Å². The van der Waals surface area contributed by atoms with E-state index in [1.165, 1.54) is 11.3 Å². The number of hydrogen-bond donors (Lipinski definition) is 4. The molecule has 0 fully saturated rings. The minimum Gasteiger partial charge on any atom is -0.444 e. The van der Waals surface area contributed by atoms with E-state index in [4.69, 9.17) is 9.47 Å². The van der Waals surface area contributed by atoms with E-state index >= 15 is 0 Å². The molecule has 11 heteroatoms. The van der Waals surface area contributed by atoms with Crippen LogP contribution in [0.3, 0.4) is 0 Å². The number of ether oxygens (including phenoxy) is 2. The highest BCUT2D eigenvalue weighted by Crippen LogP contribution is 2.16. The predicted octanol–water partition coefficient (Wildman–Crippen LogP) is 5.01. The van der Waals surface area contributed by atoms with Crippen LogP contribution < -0.4 is 16.0 Å². The lowest BCUT2D eigenvalue weighted by atomic mass is 9.93. The number of nitrogens with one attached hydrogen (secondary N) is 3. The number of carbonyl (C=O) groups excluding carboxylic acids is 3. The van der Waals surface area contributed by atoms with Crippen LogP contribution in [0.25, 0.3) is 0 Å². The van der Waals surface area contributed by atoms with Crippen molar-refractivity contribution in [2.24, 2.45) is 5.92 Å². The molecule has 10 nitrogen and oxygen atoms in total. The molecule has 1 heterocycles. The summed E-state index contributed by atoms with van der Waals surface area (Å²) in [4.78, 5) is 43.6. The van der Waals surface area contributed by atoms with Crippen molar-refractivity contribution in [2.75, 3.05) is 0 Å². The van der Waals surface area contributed by atoms with Gasteiger partial charge in [0.1, 0.15) is 18.2 Å². The van der Waals surface area contributed by atoms with Gasteiger partial charge in [-0.1, -0.05) is 74.5 Å². The maximum atomic E-state index is 13.5. The smallest absolute Gasteiger partial charge is 0.408 e. The first-order chi connectivity index (χ1) is 20.9. The third-order valence-electron chi connectivity index (χ3n) is 6.71. The Morgan fingerprint density at radius 1 is 0.886 bits per heavy atom. The van der Waals surface area contributed by atoms with Crippen molar-refractivity contribution in [3.05, 3.63) is 88.4 Å². The Morgan fingerprint density at radius 3 is 2.05 bits per heavy atom. The Bertz CT molecular complexity index is 1300. The van der Waals surface area contributed by atoms with Crippen LogP contribution in [0.15, 0.2) is 72.4 Å². The largest absolute Gasteiger partial charge is 0.444 e. The summed E-state index contributed by atoms with van der Waals surface area (Å²) in [5.41, 5.74) is 2.82. The molecule has 0 saturated carbocycles. The highest BCUT2D eigenvalue weighted by molar-refractivity contribution is 7.09. The molecule has 44 heavy (non-hydrogen) atoms. The van der Waals surface area contributed by atoms with Gasteiger partial charge in [0.05, 0.1) is 22.5 Å². The lowest BCUT2D eigenvalue weighted by Gasteiger charge is -2.30. The van der Waals surface area contributed by atoms with Gasteiger partial charge < -0.3 is 30.5 Å². The molecule has 3 rings (SSSR count). The van der Waals surface area contributed by atoms with Crippen LogP contribution >= 0.6 is 11.3 Å². The van der Waals surface area contributed by atoms with Gasteiger partial charge in [-0.05, 0) is 57.1 Å². The van der Waals surface area contributed by atoms with Crippen molar-refractivity contribution in [3.8, 4) is 0 Å². The quantitative estimate of drug-likeness (QED) is 0.198. The Labute approximate surface area is 263 Å². The highest BCUT2D eigenvalue weighted by atomic mass is 32.1. The molecule has 4 atom stereocenters. The van der Waals surface area contributed by atoms with Crippen molar-refractivity contribution in [3.63, 3.8) is 0 Å². The monoisotopic (exact) mass is 624 g/mol. The number of carbonyl (C=O) groups is 3. The van der Waals surface area contributed by atoms with Crippen molar-refractivity contribution < 1.29 is 29.0 Å². The van der Waals surface area contributed by atoms with Crippen LogP contribution in [0, 0.1) is 5.92 Å². The second-order valence-electron chi connectivity index (χ2n) is 12.1. The Morgan fingerprint density at radius 2 is 1.50 bits per heavy atom. The molecule has 0 saturated heterocycles. The van der Waals surface area contributed by atoms with E-state index < -0.39 is 47.9 Å². The summed E-state index contributed by atoms with van der Waals surface area (Å²) in [6.07, 6.45) is 0.139. The Kier molecular flexibility index (Phi) is 13.2. The minimum absolute atomic E-state index is 0.0680. The first-order valence-corrected chi connectivity index (χ1v) is 15.6. The molecular weight excluding hydrogens is 580 g/mol. The van der Waals surface area contributed by atoms with Gasteiger partial charge in [-0.25, -0.2) is 9.59 Å². The van der Waals surface area contributed by atoms with Gasteiger partial charge in [-0.2, -0.15) is 0 Å². The van der Waals surface area contributed by atoms with E-state index in [9.17, 15) is 19.5 Å². The molecule has 0 spiro atoms. The van der Waals surface area contributed by atoms with Gasteiger partial charge in [0.2, 0.25) is 5.91 Å². The SMILES string of the molecule is CC(C)C(NC(=O)OC(C)(C)C)C(=O)NC(Cc1ccccc1)CC(O)C(Cc1ccccc1)NC(=O)OCc1cncs1. The average Bonchev–Trinajstić information content (AvgIpc) is 3.48. The summed E-state index contributed by atoms with van der Waals surface area (Å²) >= 11 is 1.38. The van der Waals surface area contributed by atoms with E-state index in [0.29, 0.717) is 12.8 Å². The van der Waals surface area contributed by atoms with Gasteiger partial charge in [-0.15, -0.1) is 11.3 Å². The van der Waals surface area contributed by atoms with Crippen LogP contribution in [0.1, 0.15) is 57.0 Å². The zero-order valence-corrected chi connectivity index (χ0v) is 26.8. The highest BCUT2D eigenvalue weighted by Gasteiger charge is 2.31. The molecule has 0 bridgehead atoms. The summed E-state index contributed by atoms with van der Waals surface area (Å²) < 4.78 is 10.8. The molecule has 0 aliphatic heterocycles. The third-order valence-corrected chi connectivity index (χ3v) is 7.47. The third kappa shape index (κ3) is 12.3. The van der Waals surface area contributed by atoms with E-state index in [2.05, 4.69) is 20.9 Å². The number of alkyl carbamates (subject to hydrolysis) is 2. The number of aliphatic hydroxyl groups excluding tert-OH is 1. The topological polar surface area (TPSA) is 139 Å². The van der Waals surface area contributed by atoms with E-state index in [-0.39, 0.29) is 18.9 Å². The van der Waals surface area contributed by atoms with Gasteiger partial charge in [0, 0.05) is 12.2 Å². The van der Waals surface area contributed by atoms with Crippen molar-refractivity contribution in [1.82, 2.24) is 20.9 Å². The fourth-order valence-corrected chi connectivity index (χ4v) is 5.11. The molecular formula is C33H44N4O6S. The molecule has 1 aromatic heterocycles. The number of aliphatic hydroxyl groups is 1. The summed E-state index contributed by atoms with van der Waals surface area (Å²) in [5.74, 6) is -0.624. The summed E-state index contributed by atoms with van der Waals surface area (Å²) in [6, 6.07) is 17.0. The molecule has 4 N–H and O–H groups in total. The lowest BCUT2D eigenvalue weighted by Crippen LogP contribution is -2.54. The lowest BCUT2D eigenvalue weighted by molar-refractivity contribution is -0.125. The summed E-state index contributed by atoms with van der Waals surface area (Å²) in [6.45, 7) is 9.00.